The predicted octanol–water partition coefficient (Wildman–Crippen LogP) is 1.97. The molecule has 0 aliphatic heterocycles. The van der Waals surface area contributed by atoms with Crippen LogP contribution in [0.5, 0.6) is 11.5 Å². The third-order valence-electron chi connectivity index (χ3n) is 3.75. The molecule has 1 atom stereocenters. The molecule has 0 aliphatic carbocycles. The molecular formula is C18H20N4O4. The minimum Gasteiger partial charge on any atom is -0.497 e. The largest absolute Gasteiger partial charge is 0.497 e. The first-order chi connectivity index (χ1) is 12.7. The number of hydrogen-bond acceptors (Lipinski definition) is 8. The van der Waals surface area contributed by atoms with E-state index in [1.807, 2.05) is 18.2 Å². The number of aromatic nitrogens is 3. The van der Waals surface area contributed by atoms with E-state index in [2.05, 4.69) is 20.5 Å². The molecule has 1 aromatic carbocycles. The van der Waals surface area contributed by atoms with Crippen molar-refractivity contribution in [2.45, 2.75) is 12.6 Å². The van der Waals surface area contributed by atoms with Crippen molar-refractivity contribution in [3.63, 3.8) is 0 Å². The van der Waals surface area contributed by atoms with Gasteiger partial charge in [0, 0.05) is 25.0 Å². The summed E-state index contributed by atoms with van der Waals surface area (Å²) in [6, 6.07) is 9.23. The highest BCUT2D eigenvalue weighted by molar-refractivity contribution is 5.49. The van der Waals surface area contributed by atoms with Crippen molar-refractivity contribution < 1.29 is 19.0 Å². The summed E-state index contributed by atoms with van der Waals surface area (Å²) in [5.74, 6) is 1.86. The van der Waals surface area contributed by atoms with Gasteiger partial charge in [-0.2, -0.15) is 0 Å². The molecule has 0 saturated heterocycles. The number of rotatable bonds is 8. The molecule has 0 fully saturated rings. The van der Waals surface area contributed by atoms with Crippen molar-refractivity contribution in [1.82, 2.24) is 20.5 Å². The van der Waals surface area contributed by atoms with Crippen molar-refractivity contribution in [3.8, 4) is 23.0 Å². The van der Waals surface area contributed by atoms with E-state index >= 15 is 0 Å². The van der Waals surface area contributed by atoms with E-state index in [4.69, 9.17) is 13.9 Å². The standard InChI is InChI=1S/C18H20N4O4/c1-24-14-8-12(9-15(10-14)25-2)5-7-20-16(23)18-22-21-17(26-18)13-4-3-6-19-11-13/h3-4,6,8-11,16,20,23H,5,7H2,1-2H3. The van der Waals surface area contributed by atoms with Crippen molar-refractivity contribution >= 4 is 0 Å². The van der Waals surface area contributed by atoms with Gasteiger partial charge in [-0.05, 0) is 36.2 Å². The number of ether oxygens (including phenoxy) is 2. The van der Waals surface area contributed by atoms with E-state index in [1.54, 1.807) is 38.7 Å². The summed E-state index contributed by atoms with van der Waals surface area (Å²) in [5, 5.41) is 20.9. The summed E-state index contributed by atoms with van der Waals surface area (Å²) in [5.41, 5.74) is 1.71. The molecule has 1 unspecified atom stereocenters. The van der Waals surface area contributed by atoms with Crippen LogP contribution in [0.4, 0.5) is 0 Å². The van der Waals surface area contributed by atoms with Gasteiger partial charge in [-0.15, -0.1) is 10.2 Å². The maximum absolute atomic E-state index is 10.2. The molecule has 0 bridgehead atoms. The van der Waals surface area contributed by atoms with Gasteiger partial charge in [0.05, 0.1) is 19.8 Å². The second kappa shape index (κ2) is 8.41. The Morgan fingerprint density at radius 1 is 1.15 bits per heavy atom. The normalized spacial score (nSPS) is 12.0. The average Bonchev–Trinajstić information content (AvgIpc) is 3.18. The fourth-order valence-electron chi connectivity index (χ4n) is 2.40. The van der Waals surface area contributed by atoms with Gasteiger partial charge >= 0.3 is 0 Å². The third-order valence-corrected chi connectivity index (χ3v) is 3.75. The number of aliphatic hydroxyl groups excluding tert-OH is 1. The topological polar surface area (TPSA) is 103 Å². The molecule has 0 saturated carbocycles. The Morgan fingerprint density at radius 3 is 2.58 bits per heavy atom. The van der Waals surface area contributed by atoms with Crippen LogP contribution in [-0.2, 0) is 6.42 Å². The van der Waals surface area contributed by atoms with Gasteiger partial charge in [-0.25, -0.2) is 0 Å². The molecule has 8 heteroatoms. The SMILES string of the molecule is COc1cc(CCNC(O)c2nnc(-c3cccnc3)o2)cc(OC)c1. The Hall–Kier alpha value is -2.97. The van der Waals surface area contributed by atoms with Crippen LogP contribution in [0.2, 0.25) is 0 Å². The zero-order valence-electron chi connectivity index (χ0n) is 14.5. The summed E-state index contributed by atoms with van der Waals surface area (Å²) >= 11 is 0. The summed E-state index contributed by atoms with van der Waals surface area (Å²) in [6.45, 7) is 0.502. The Bertz CT molecular complexity index is 816. The van der Waals surface area contributed by atoms with Gasteiger partial charge in [0.2, 0.25) is 5.89 Å². The van der Waals surface area contributed by atoms with Crippen molar-refractivity contribution in [2.75, 3.05) is 20.8 Å². The van der Waals surface area contributed by atoms with Gasteiger partial charge < -0.3 is 19.0 Å². The van der Waals surface area contributed by atoms with Crippen LogP contribution < -0.4 is 14.8 Å². The molecule has 2 aromatic heterocycles. The first-order valence-corrected chi connectivity index (χ1v) is 8.07. The Kier molecular flexibility index (Phi) is 5.77. The molecule has 2 heterocycles. The molecule has 2 N–H and O–H groups in total. The highest BCUT2D eigenvalue weighted by Crippen LogP contribution is 2.23. The quantitative estimate of drug-likeness (QED) is 0.591. The molecule has 0 spiro atoms. The molecule has 0 amide bonds. The van der Waals surface area contributed by atoms with Crippen LogP contribution in [-0.4, -0.2) is 41.1 Å². The van der Waals surface area contributed by atoms with Gasteiger partial charge in [-0.1, -0.05) is 0 Å². The first-order valence-electron chi connectivity index (χ1n) is 8.07. The molecule has 0 radical (unpaired) electrons. The maximum Gasteiger partial charge on any atom is 0.260 e. The van der Waals surface area contributed by atoms with Gasteiger partial charge in [0.25, 0.3) is 5.89 Å². The van der Waals surface area contributed by atoms with Gasteiger partial charge in [0.1, 0.15) is 11.5 Å². The van der Waals surface area contributed by atoms with Crippen LogP contribution in [0, 0.1) is 0 Å². The van der Waals surface area contributed by atoms with E-state index in [-0.39, 0.29) is 5.89 Å². The summed E-state index contributed by atoms with van der Waals surface area (Å²) in [6.07, 6.45) is 2.88. The van der Waals surface area contributed by atoms with Gasteiger partial charge in [-0.3, -0.25) is 10.3 Å². The van der Waals surface area contributed by atoms with Crippen LogP contribution in [0.25, 0.3) is 11.5 Å². The number of nitrogens with one attached hydrogen (secondary N) is 1. The number of benzene rings is 1. The molecule has 26 heavy (non-hydrogen) atoms. The second-order valence-electron chi connectivity index (χ2n) is 5.51. The lowest BCUT2D eigenvalue weighted by molar-refractivity contribution is 0.109. The molecule has 3 aromatic rings. The van der Waals surface area contributed by atoms with E-state index in [0.717, 1.165) is 17.1 Å². The van der Waals surface area contributed by atoms with E-state index in [0.29, 0.717) is 24.4 Å². The fraction of sp³-hybridized carbons (Fsp3) is 0.278. The minimum atomic E-state index is -1.06. The van der Waals surface area contributed by atoms with Gasteiger partial charge in [0.15, 0.2) is 6.23 Å². The third kappa shape index (κ3) is 4.35. The highest BCUT2D eigenvalue weighted by atomic mass is 16.5. The lowest BCUT2D eigenvalue weighted by Gasteiger charge is -2.11. The van der Waals surface area contributed by atoms with E-state index in [9.17, 15) is 5.11 Å². The molecule has 3 rings (SSSR count). The van der Waals surface area contributed by atoms with Crippen molar-refractivity contribution in [1.29, 1.82) is 0 Å². The van der Waals surface area contributed by atoms with E-state index in [1.165, 1.54) is 0 Å². The molecular weight excluding hydrogens is 336 g/mol. The number of pyridine rings is 1. The number of aliphatic hydroxyl groups is 1. The zero-order chi connectivity index (χ0) is 18.4. The number of nitrogens with zero attached hydrogens (tertiary/aromatic N) is 3. The lowest BCUT2D eigenvalue weighted by atomic mass is 10.1. The summed E-state index contributed by atoms with van der Waals surface area (Å²) in [7, 11) is 3.21. The molecule has 0 aliphatic rings. The molecule has 8 nitrogen and oxygen atoms in total. The molecule has 136 valence electrons. The van der Waals surface area contributed by atoms with Crippen molar-refractivity contribution in [3.05, 3.63) is 54.2 Å². The van der Waals surface area contributed by atoms with Crippen LogP contribution >= 0.6 is 0 Å². The minimum absolute atomic E-state index is 0.104. The Labute approximate surface area is 150 Å². The van der Waals surface area contributed by atoms with Crippen LogP contribution in [0.3, 0.4) is 0 Å². The fourth-order valence-corrected chi connectivity index (χ4v) is 2.40. The van der Waals surface area contributed by atoms with E-state index < -0.39 is 6.23 Å². The summed E-state index contributed by atoms with van der Waals surface area (Å²) in [4.78, 5) is 4.00. The zero-order valence-corrected chi connectivity index (χ0v) is 14.5. The second-order valence-corrected chi connectivity index (χ2v) is 5.51. The monoisotopic (exact) mass is 356 g/mol. The average molecular weight is 356 g/mol. The Balaban J connectivity index is 1.58. The lowest BCUT2D eigenvalue weighted by Crippen LogP contribution is -2.23. The summed E-state index contributed by atoms with van der Waals surface area (Å²) < 4.78 is 16.0. The first kappa shape index (κ1) is 17.8. The highest BCUT2D eigenvalue weighted by Gasteiger charge is 2.16. The number of methoxy groups -OCH3 is 2. The predicted molar refractivity (Wildman–Crippen MR) is 93.7 cm³/mol. The van der Waals surface area contributed by atoms with Crippen LogP contribution in [0.1, 0.15) is 17.7 Å². The number of hydrogen-bond donors (Lipinski definition) is 2. The van der Waals surface area contributed by atoms with Crippen molar-refractivity contribution in [2.24, 2.45) is 0 Å². The van der Waals surface area contributed by atoms with Crippen LogP contribution in [0.15, 0.2) is 47.1 Å². The smallest absolute Gasteiger partial charge is 0.260 e. The maximum atomic E-state index is 10.2. The Morgan fingerprint density at radius 2 is 1.92 bits per heavy atom.